The van der Waals surface area contributed by atoms with Crippen LogP contribution in [0.25, 0.3) is 10.9 Å². The minimum atomic E-state index is -0.438. The average Bonchev–Trinajstić information content (AvgIpc) is 3.41. The molecule has 1 N–H and O–H groups in total. The van der Waals surface area contributed by atoms with Gasteiger partial charge in [-0.3, -0.25) is 9.69 Å². The van der Waals surface area contributed by atoms with Crippen molar-refractivity contribution in [1.29, 1.82) is 0 Å². The van der Waals surface area contributed by atoms with Gasteiger partial charge in [-0.25, -0.2) is 4.68 Å². The number of methoxy groups -OCH3 is 2. The van der Waals surface area contributed by atoms with E-state index >= 15 is 0 Å². The molecule has 0 saturated heterocycles. The molecule has 3 heterocycles. The Hall–Kier alpha value is -4.50. The lowest BCUT2D eigenvalue weighted by atomic mass is 9.96. The number of tetrazole rings is 1. The average molecular weight is 509 g/mol. The van der Waals surface area contributed by atoms with Crippen molar-refractivity contribution in [2.24, 2.45) is 0 Å². The van der Waals surface area contributed by atoms with Crippen molar-refractivity contribution in [1.82, 2.24) is 30.1 Å². The van der Waals surface area contributed by atoms with E-state index in [1.807, 2.05) is 48.5 Å². The van der Waals surface area contributed by atoms with E-state index in [1.54, 1.807) is 18.9 Å². The summed E-state index contributed by atoms with van der Waals surface area (Å²) in [6.45, 7) is 1.93. The molecule has 5 aromatic rings. The van der Waals surface area contributed by atoms with Gasteiger partial charge in [-0.15, -0.1) is 5.10 Å². The Bertz CT molecular complexity index is 1640. The zero-order valence-corrected chi connectivity index (χ0v) is 21.3. The molecule has 9 heteroatoms. The Balaban J connectivity index is 1.45. The van der Waals surface area contributed by atoms with Gasteiger partial charge >= 0.3 is 0 Å². The van der Waals surface area contributed by atoms with Crippen LogP contribution in [0.5, 0.6) is 11.5 Å². The predicted octanol–water partition coefficient (Wildman–Crippen LogP) is 3.73. The molecule has 3 aromatic carbocycles. The normalized spacial score (nSPS) is 14.3. The molecule has 0 unspecified atom stereocenters. The molecule has 0 bridgehead atoms. The molecule has 0 amide bonds. The second-order valence-electron chi connectivity index (χ2n) is 9.44. The summed E-state index contributed by atoms with van der Waals surface area (Å²) in [6.07, 6.45) is 0.884. The number of hydrogen-bond donors (Lipinski definition) is 1. The Kier molecular flexibility index (Phi) is 6.35. The van der Waals surface area contributed by atoms with Crippen molar-refractivity contribution in [3.05, 3.63) is 111 Å². The second-order valence-corrected chi connectivity index (χ2v) is 9.44. The molecular weight excluding hydrogens is 480 g/mol. The quantitative estimate of drug-likeness (QED) is 0.358. The van der Waals surface area contributed by atoms with Crippen LogP contribution < -0.4 is 15.0 Å². The van der Waals surface area contributed by atoms with Gasteiger partial charge in [-0.2, -0.15) is 0 Å². The number of nitrogens with zero attached hydrogens (tertiary/aromatic N) is 5. The third kappa shape index (κ3) is 4.52. The van der Waals surface area contributed by atoms with Crippen molar-refractivity contribution in [3.8, 4) is 11.5 Å². The smallest absolute Gasteiger partial charge is 0.253 e. The van der Waals surface area contributed by atoms with Gasteiger partial charge in [0.15, 0.2) is 5.82 Å². The summed E-state index contributed by atoms with van der Waals surface area (Å²) in [7, 11) is 3.26. The van der Waals surface area contributed by atoms with Gasteiger partial charge in [0, 0.05) is 24.7 Å². The van der Waals surface area contributed by atoms with Crippen LogP contribution in [0.15, 0.2) is 77.6 Å². The maximum absolute atomic E-state index is 13.6. The molecule has 9 nitrogen and oxygen atoms in total. The molecule has 2 aromatic heterocycles. The van der Waals surface area contributed by atoms with E-state index < -0.39 is 6.04 Å². The first-order valence-electron chi connectivity index (χ1n) is 12.5. The van der Waals surface area contributed by atoms with Crippen LogP contribution in [0.3, 0.4) is 0 Å². The topological polar surface area (TPSA) is 98.2 Å². The number of benzene rings is 3. The third-order valence-electron chi connectivity index (χ3n) is 7.20. The van der Waals surface area contributed by atoms with Crippen molar-refractivity contribution < 1.29 is 9.47 Å². The number of aromatic amines is 1. The number of H-pyrrole nitrogens is 1. The molecule has 0 radical (unpaired) electrons. The Labute approximate surface area is 219 Å². The van der Waals surface area contributed by atoms with Crippen molar-refractivity contribution in [2.45, 2.75) is 25.6 Å². The van der Waals surface area contributed by atoms with Gasteiger partial charge in [-0.05, 0) is 69.3 Å². The first kappa shape index (κ1) is 23.9. The van der Waals surface area contributed by atoms with Crippen LogP contribution in [-0.4, -0.2) is 50.9 Å². The van der Waals surface area contributed by atoms with Crippen LogP contribution in [0.1, 0.15) is 34.1 Å². The first-order valence-corrected chi connectivity index (χ1v) is 12.5. The zero-order valence-electron chi connectivity index (χ0n) is 21.3. The molecule has 192 valence electrons. The highest BCUT2D eigenvalue weighted by atomic mass is 16.5. The monoisotopic (exact) mass is 508 g/mol. The fourth-order valence-electron chi connectivity index (χ4n) is 5.19. The summed E-state index contributed by atoms with van der Waals surface area (Å²) in [4.78, 5) is 18.9. The lowest BCUT2D eigenvalue weighted by Gasteiger charge is -2.34. The number of ether oxygens (including phenoxy) is 2. The molecule has 1 aliphatic heterocycles. The fourth-order valence-corrected chi connectivity index (χ4v) is 5.19. The highest BCUT2D eigenvalue weighted by molar-refractivity contribution is 5.80. The summed E-state index contributed by atoms with van der Waals surface area (Å²) < 4.78 is 12.4. The number of hydrogen-bond acceptors (Lipinski definition) is 7. The minimum absolute atomic E-state index is 0.173. The number of aromatic nitrogens is 5. The maximum atomic E-state index is 13.6. The van der Waals surface area contributed by atoms with Gasteiger partial charge in [0.1, 0.15) is 17.5 Å². The third-order valence-corrected chi connectivity index (χ3v) is 7.20. The van der Waals surface area contributed by atoms with Crippen LogP contribution in [0.2, 0.25) is 0 Å². The standard InChI is InChI=1S/C29H28N6O3/c1-37-23-10-7-19(8-11-23)17-35-28(31-32-33-35)27(34-14-13-20-5-3-4-6-22(20)18-34)25-15-21-9-12-24(38-2)16-26(21)30-29(25)36/h3-12,15-16,27H,13-14,17-18H2,1-2H3,(H,30,36)/t27-/m0/s1. The van der Waals surface area contributed by atoms with Gasteiger partial charge in [0.05, 0.1) is 26.3 Å². The Morgan fingerprint density at radius 1 is 0.947 bits per heavy atom. The molecule has 38 heavy (non-hydrogen) atoms. The van der Waals surface area contributed by atoms with Gasteiger partial charge in [-0.1, -0.05) is 36.4 Å². The number of fused-ring (bicyclic) bond motifs is 2. The van der Waals surface area contributed by atoms with E-state index in [0.717, 1.165) is 35.2 Å². The van der Waals surface area contributed by atoms with Crippen LogP contribution in [0, 0.1) is 0 Å². The van der Waals surface area contributed by atoms with Crippen molar-refractivity contribution >= 4 is 10.9 Å². The van der Waals surface area contributed by atoms with Crippen LogP contribution in [0.4, 0.5) is 0 Å². The molecule has 0 fully saturated rings. The van der Waals surface area contributed by atoms with Crippen molar-refractivity contribution in [3.63, 3.8) is 0 Å². The molecule has 0 spiro atoms. The lowest BCUT2D eigenvalue weighted by molar-refractivity contribution is 0.194. The van der Waals surface area contributed by atoms with E-state index in [0.29, 0.717) is 30.2 Å². The molecule has 0 aliphatic carbocycles. The highest BCUT2D eigenvalue weighted by Crippen LogP contribution is 2.32. The van der Waals surface area contributed by atoms with Gasteiger partial charge in [0.25, 0.3) is 5.56 Å². The van der Waals surface area contributed by atoms with Gasteiger partial charge < -0.3 is 14.5 Å². The molecule has 1 atom stereocenters. The van der Waals surface area contributed by atoms with E-state index in [1.165, 1.54) is 11.1 Å². The summed E-state index contributed by atoms with van der Waals surface area (Å²) in [6, 6.07) is 23.5. The zero-order chi connectivity index (χ0) is 26.1. The van der Waals surface area contributed by atoms with Gasteiger partial charge in [0.2, 0.25) is 0 Å². The van der Waals surface area contributed by atoms with Crippen molar-refractivity contribution in [2.75, 3.05) is 20.8 Å². The summed E-state index contributed by atoms with van der Waals surface area (Å²) in [5, 5.41) is 13.7. The van der Waals surface area contributed by atoms with E-state index in [4.69, 9.17) is 9.47 Å². The number of nitrogens with one attached hydrogen (secondary N) is 1. The largest absolute Gasteiger partial charge is 0.497 e. The lowest BCUT2D eigenvalue weighted by Crippen LogP contribution is -2.38. The maximum Gasteiger partial charge on any atom is 0.253 e. The Morgan fingerprint density at radius 3 is 2.50 bits per heavy atom. The first-order chi connectivity index (χ1) is 18.6. The summed E-state index contributed by atoms with van der Waals surface area (Å²) >= 11 is 0. The van der Waals surface area contributed by atoms with Crippen LogP contribution >= 0.6 is 0 Å². The fraction of sp³-hybridized carbons (Fsp3) is 0.241. The van der Waals surface area contributed by atoms with E-state index in [2.05, 4.69) is 49.7 Å². The molecule has 0 saturated carbocycles. The molecular formula is C29H28N6O3. The SMILES string of the molecule is COc1ccc(Cn2nnnc2[C@H](c2cc3ccc(OC)cc3[nH]c2=O)N2CCc3ccccc3C2)cc1. The van der Waals surface area contributed by atoms with E-state index in [9.17, 15) is 4.79 Å². The number of rotatable bonds is 7. The summed E-state index contributed by atoms with van der Waals surface area (Å²) in [5.74, 6) is 2.10. The minimum Gasteiger partial charge on any atom is -0.497 e. The Morgan fingerprint density at radius 2 is 1.71 bits per heavy atom. The number of pyridine rings is 1. The van der Waals surface area contributed by atoms with Crippen LogP contribution in [-0.2, 0) is 19.5 Å². The second kappa shape index (κ2) is 10.1. The highest BCUT2D eigenvalue weighted by Gasteiger charge is 2.32. The predicted molar refractivity (Wildman–Crippen MR) is 143 cm³/mol. The molecule has 6 rings (SSSR count). The molecule has 1 aliphatic rings. The summed E-state index contributed by atoms with van der Waals surface area (Å²) in [5.41, 5.74) is 4.77. The van der Waals surface area contributed by atoms with E-state index in [-0.39, 0.29) is 5.56 Å².